The number of benzene rings is 1. The van der Waals surface area contributed by atoms with E-state index in [2.05, 4.69) is 5.32 Å². The molecule has 1 aromatic heterocycles. The molecule has 8 heteroatoms. The van der Waals surface area contributed by atoms with Crippen LogP contribution >= 0.6 is 0 Å². The standard InChI is InChI=1S/C20H22N2O6/c1-13-10-22(11-14(2)28-13)18(23)12-27-20(25)15-6-3-4-7-16(15)21-19(24)17-8-5-9-26-17/h3-9,13-14H,10-12H2,1-2H3,(H,21,24). The maximum absolute atomic E-state index is 12.5. The molecule has 1 saturated heterocycles. The number of para-hydroxylation sites is 1. The Morgan fingerprint density at radius 1 is 1.11 bits per heavy atom. The van der Waals surface area contributed by atoms with Crippen molar-refractivity contribution in [2.75, 3.05) is 25.0 Å². The van der Waals surface area contributed by atoms with Crippen LogP contribution in [-0.4, -0.2) is 54.6 Å². The molecule has 1 aliphatic rings. The molecule has 0 spiro atoms. The van der Waals surface area contributed by atoms with E-state index in [1.807, 2.05) is 13.8 Å². The van der Waals surface area contributed by atoms with Gasteiger partial charge in [0.2, 0.25) is 0 Å². The molecule has 2 amide bonds. The second-order valence-corrected chi connectivity index (χ2v) is 6.61. The van der Waals surface area contributed by atoms with Crippen molar-refractivity contribution in [3.05, 3.63) is 54.0 Å². The van der Waals surface area contributed by atoms with Gasteiger partial charge in [-0.15, -0.1) is 0 Å². The summed E-state index contributed by atoms with van der Waals surface area (Å²) in [6.07, 6.45) is 1.25. The van der Waals surface area contributed by atoms with Gasteiger partial charge in [0.15, 0.2) is 12.4 Å². The van der Waals surface area contributed by atoms with E-state index >= 15 is 0 Å². The van der Waals surface area contributed by atoms with Gasteiger partial charge in [0, 0.05) is 13.1 Å². The first-order chi connectivity index (χ1) is 13.4. The fourth-order valence-electron chi connectivity index (χ4n) is 3.04. The molecule has 0 bridgehead atoms. The Kier molecular flexibility index (Phi) is 6.10. The van der Waals surface area contributed by atoms with E-state index in [9.17, 15) is 14.4 Å². The first kappa shape index (κ1) is 19.6. The fraction of sp³-hybridized carbons (Fsp3) is 0.350. The van der Waals surface area contributed by atoms with E-state index in [1.54, 1.807) is 29.2 Å². The summed E-state index contributed by atoms with van der Waals surface area (Å²) >= 11 is 0. The molecule has 3 rings (SSSR count). The Morgan fingerprint density at radius 3 is 2.50 bits per heavy atom. The molecule has 1 fully saturated rings. The Hall–Kier alpha value is -3.13. The molecule has 148 valence electrons. The number of hydrogen-bond acceptors (Lipinski definition) is 6. The smallest absolute Gasteiger partial charge is 0.340 e. The third-order valence-corrected chi connectivity index (χ3v) is 4.24. The van der Waals surface area contributed by atoms with Crippen LogP contribution in [0.3, 0.4) is 0 Å². The molecule has 0 radical (unpaired) electrons. The quantitative estimate of drug-likeness (QED) is 0.792. The largest absolute Gasteiger partial charge is 0.459 e. The number of amides is 2. The summed E-state index contributed by atoms with van der Waals surface area (Å²) in [6, 6.07) is 9.52. The number of nitrogens with zero attached hydrogens (tertiary/aromatic N) is 1. The number of esters is 1. The van der Waals surface area contributed by atoms with Crippen LogP contribution in [0, 0.1) is 0 Å². The van der Waals surface area contributed by atoms with E-state index in [-0.39, 0.29) is 41.7 Å². The summed E-state index contributed by atoms with van der Waals surface area (Å²) in [5.74, 6) is -1.35. The molecule has 2 unspecified atom stereocenters. The summed E-state index contributed by atoms with van der Waals surface area (Å²) in [5.41, 5.74) is 0.425. The van der Waals surface area contributed by atoms with Crippen molar-refractivity contribution in [2.45, 2.75) is 26.1 Å². The molecular weight excluding hydrogens is 364 g/mol. The van der Waals surface area contributed by atoms with Crippen LogP contribution in [0.5, 0.6) is 0 Å². The second kappa shape index (κ2) is 8.71. The molecule has 0 aliphatic carbocycles. The predicted molar refractivity (Wildman–Crippen MR) is 100.0 cm³/mol. The zero-order valence-electron chi connectivity index (χ0n) is 15.7. The van der Waals surface area contributed by atoms with Gasteiger partial charge in [-0.3, -0.25) is 9.59 Å². The van der Waals surface area contributed by atoms with Crippen LogP contribution < -0.4 is 5.32 Å². The minimum Gasteiger partial charge on any atom is -0.459 e. The van der Waals surface area contributed by atoms with Crippen LogP contribution in [0.25, 0.3) is 0 Å². The number of hydrogen-bond donors (Lipinski definition) is 1. The van der Waals surface area contributed by atoms with Crippen molar-refractivity contribution in [2.24, 2.45) is 0 Å². The van der Waals surface area contributed by atoms with Gasteiger partial charge in [0.05, 0.1) is 29.7 Å². The van der Waals surface area contributed by atoms with Crippen molar-refractivity contribution >= 4 is 23.5 Å². The lowest BCUT2D eigenvalue weighted by Crippen LogP contribution is -2.49. The van der Waals surface area contributed by atoms with Crippen LogP contribution in [-0.2, 0) is 14.3 Å². The number of carbonyl (C=O) groups excluding carboxylic acids is 3. The van der Waals surface area contributed by atoms with E-state index < -0.39 is 11.9 Å². The zero-order chi connectivity index (χ0) is 20.1. The number of carbonyl (C=O) groups is 3. The molecule has 28 heavy (non-hydrogen) atoms. The topological polar surface area (TPSA) is 98.1 Å². The van der Waals surface area contributed by atoms with Crippen molar-refractivity contribution in [3.8, 4) is 0 Å². The normalized spacial score (nSPS) is 19.1. The zero-order valence-corrected chi connectivity index (χ0v) is 15.7. The predicted octanol–water partition coefficient (Wildman–Crippen LogP) is 2.32. The highest BCUT2D eigenvalue weighted by Crippen LogP contribution is 2.18. The number of nitrogens with one attached hydrogen (secondary N) is 1. The lowest BCUT2D eigenvalue weighted by atomic mass is 10.1. The summed E-state index contributed by atoms with van der Waals surface area (Å²) in [5, 5.41) is 2.61. The van der Waals surface area contributed by atoms with Gasteiger partial charge >= 0.3 is 5.97 Å². The Bertz CT molecular complexity index is 838. The molecule has 2 atom stereocenters. The van der Waals surface area contributed by atoms with Crippen molar-refractivity contribution in [1.82, 2.24) is 4.90 Å². The van der Waals surface area contributed by atoms with Gasteiger partial charge in [0.25, 0.3) is 11.8 Å². The van der Waals surface area contributed by atoms with Gasteiger partial charge < -0.3 is 24.1 Å². The minimum absolute atomic E-state index is 0.0686. The first-order valence-corrected chi connectivity index (χ1v) is 8.98. The second-order valence-electron chi connectivity index (χ2n) is 6.61. The van der Waals surface area contributed by atoms with E-state index in [0.29, 0.717) is 13.1 Å². The SMILES string of the molecule is CC1CN(C(=O)COC(=O)c2ccccc2NC(=O)c2ccco2)CC(C)O1. The Balaban J connectivity index is 1.61. The fourth-order valence-corrected chi connectivity index (χ4v) is 3.04. The third kappa shape index (κ3) is 4.77. The summed E-state index contributed by atoms with van der Waals surface area (Å²) in [4.78, 5) is 38.6. The number of furan rings is 1. The molecule has 2 heterocycles. The van der Waals surface area contributed by atoms with E-state index in [0.717, 1.165) is 0 Å². The average Bonchev–Trinajstić information content (AvgIpc) is 3.20. The van der Waals surface area contributed by atoms with E-state index in [4.69, 9.17) is 13.9 Å². The minimum atomic E-state index is -0.696. The molecule has 1 aromatic carbocycles. The van der Waals surface area contributed by atoms with Crippen LogP contribution in [0.4, 0.5) is 5.69 Å². The highest BCUT2D eigenvalue weighted by molar-refractivity contribution is 6.06. The van der Waals surface area contributed by atoms with Crippen LogP contribution in [0.1, 0.15) is 34.8 Å². The van der Waals surface area contributed by atoms with Gasteiger partial charge in [-0.25, -0.2) is 4.79 Å². The summed E-state index contributed by atoms with van der Waals surface area (Å²) in [7, 11) is 0. The summed E-state index contributed by atoms with van der Waals surface area (Å²) < 4.78 is 15.8. The van der Waals surface area contributed by atoms with Crippen molar-refractivity contribution in [1.29, 1.82) is 0 Å². The highest BCUT2D eigenvalue weighted by atomic mass is 16.5. The molecule has 8 nitrogen and oxygen atoms in total. The lowest BCUT2D eigenvalue weighted by molar-refractivity contribution is -0.146. The Morgan fingerprint density at radius 2 is 1.82 bits per heavy atom. The molecule has 1 aliphatic heterocycles. The number of morpholine rings is 1. The number of rotatable bonds is 5. The van der Waals surface area contributed by atoms with Gasteiger partial charge in [0.1, 0.15) is 0 Å². The summed E-state index contributed by atoms with van der Waals surface area (Å²) in [6.45, 7) is 4.31. The molecule has 0 saturated carbocycles. The van der Waals surface area contributed by atoms with Gasteiger partial charge in [-0.2, -0.15) is 0 Å². The highest BCUT2D eigenvalue weighted by Gasteiger charge is 2.27. The first-order valence-electron chi connectivity index (χ1n) is 8.98. The molecular formula is C20H22N2O6. The Labute approximate surface area is 162 Å². The van der Waals surface area contributed by atoms with Gasteiger partial charge in [-0.05, 0) is 38.1 Å². The lowest BCUT2D eigenvalue weighted by Gasteiger charge is -2.35. The molecule has 1 N–H and O–H groups in total. The maximum atomic E-state index is 12.5. The van der Waals surface area contributed by atoms with Crippen molar-refractivity contribution < 1.29 is 28.3 Å². The van der Waals surface area contributed by atoms with E-state index in [1.165, 1.54) is 18.4 Å². The number of ether oxygens (including phenoxy) is 2. The van der Waals surface area contributed by atoms with Crippen molar-refractivity contribution in [3.63, 3.8) is 0 Å². The van der Waals surface area contributed by atoms with Gasteiger partial charge in [-0.1, -0.05) is 12.1 Å². The monoisotopic (exact) mass is 386 g/mol. The average molecular weight is 386 g/mol. The van der Waals surface area contributed by atoms with Crippen LogP contribution in [0.15, 0.2) is 47.1 Å². The molecule has 2 aromatic rings. The number of anilines is 1. The maximum Gasteiger partial charge on any atom is 0.340 e. The third-order valence-electron chi connectivity index (χ3n) is 4.24. The van der Waals surface area contributed by atoms with Crippen LogP contribution in [0.2, 0.25) is 0 Å².